The molecule has 0 radical (unpaired) electrons. The molecule has 3 rings (SSSR count). The van der Waals surface area contributed by atoms with E-state index in [0.717, 1.165) is 11.1 Å². The van der Waals surface area contributed by atoms with Gasteiger partial charge in [0.15, 0.2) is 5.16 Å². The summed E-state index contributed by atoms with van der Waals surface area (Å²) < 4.78 is 6.58. The number of thioether (sulfide) groups is 1. The van der Waals surface area contributed by atoms with Gasteiger partial charge in [-0.15, -0.1) is 0 Å². The van der Waals surface area contributed by atoms with E-state index in [2.05, 4.69) is 4.98 Å². The van der Waals surface area contributed by atoms with Crippen molar-refractivity contribution in [3.63, 3.8) is 0 Å². The Kier molecular flexibility index (Phi) is 5.22. The molecule has 0 unspecified atom stereocenters. The highest BCUT2D eigenvalue weighted by Gasteiger charge is 2.18. The fourth-order valence-electron chi connectivity index (χ4n) is 2.53. The number of rotatable bonds is 5. The maximum Gasteiger partial charge on any atom is 0.420 e. The predicted octanol–water partition coefficient (Wildman–Crippen LogP) is 4.55. The number of nitro groups is 1. The average Bonchev–Trinajstić information content (AvgIpc) is 2.99. The molecule has 0 saturated carbocycles. The number of ether oxygens (including phenoxy) is 1. The number of aromatic nitrogens is 2. The van der Waals surface area contributed by atoms with E-state index in [9.17, 15) is 14.9 Å². The third kappa shape index (κ3) is 3.55. The summed E-state index contributed by atoms with van der Waals surface area (Å²) >= 11 is 1.34. The Bertz CT molecular complexity index is 984. The lowest BCUT2D eigenvalue weighted by molar-refractivity contribution is -0.384. The molecule has 0 amide bonds. The molecule has 2 aromatic carbocycles. The van der Waals surface area contributed by atoms with Crippen molar-refractivity contribution in [2.75, 3.05) is 6.61 Å². The molecule has 0 saturated heterocycles. The summed E-state index contributed by atoms with van der Waals surface area (Å²) in [5.41, 5.74) is 3.18. The number of benzene rings is 2. The monoisotopic (exact) mass is 371 g/mol. The highest BCUT2D eigenvalue weighted by Crippen LogP contribution is 2.29. The summed E-state index contributed by atoms with van der Waals surface area (Å²) in [5, 5.41) is 11.5. The summed E-state index contributed by atoms with van der Waals surface area (Å²) in [6, 6.07) is 12.1. The fraction of sp³-hybridized carbons (Fsp3) is 0.222. The Labute approximate surface area is 154 Å². The smallest absolute Gasteiger partial charge is 0.420 e. The summed E-state index contributed by atoms with van der Waals surface area (Å²) in [6.45, 7) is 3.91. The van der Waals surface area contributed by atoms with Gasteiger partial charge >= 0.3 is 6.09 Å². The molecule has 0 bridgehead atoms. The second kappa shape index (κ2) is 7.57. The quantitative estimate of drug-likeness (QED) is 0.371. The molecule has 1 heterocycles. The number of hydrogen-bond acceptors (Lipinski definition) is 6. The largest absolute Gasteiger partial charge is 0.449 e. The van der Waals surface area contributed by atoms with Crippen LogP contribution in [0.4, 0.5) is 10.5 Å². The zero-order valence-corrected chi connectivity index (χ0v) is 15.2. The first kappa shape index (κ1) is 17.9. The summed E-state index contributed by atoms with van der Waals surface area (Å²) in [7, 11) is 0. The van der Waals surface area contributed by atoms with Crippen LogP contribution >= 0.6 is 11.8 Å². The Hall–Kier alpha value is -2.87. The van der Waals surface area contributed by atoms with Crippen LogP contribution in [0.25, 0.3) is 11.0 Å². The number of fused-ring (bicyclic) bond motifs is 1. The van der Waals surface area contributed by atoms with Crippen LogP contribution in [0.2, 0.25) is 0 Å². The van der Waals surface area contributed by atoms with Gasteiger partial charge in [-0.25, -0.2) is 14.3 Å². The van der Waals surface area contributed by atoms with Crippen LogP contribution in [0.1, 0.15) is 18.1 Å². The molecule has 0 aliphatic carbocycles. The fourth-order valence-corrected chi connectivity index (χ4v) is 3.59. The molecule has 8 heteroatoms. The molecule has 0 fully saturated rings. The number of carbonyl (C=O) groups excluding carboxylic acids is 1. The lowest BCUT2D eigenvalue weighted by atomic mass is 10.1. The van der Waals surface area contributed by atoms with E-state index < -0.39 is 11.0 Å². The first-order valence-corrected chi connectivity index (χ1v) is 9.01. The lowest BCUT2D eigenvalue weighted by Gasteiger charge is -2.08. The molecule has 3 aromatic rings. The molecule has 0 aliphatic rings. The predicted molar refractivity (Wildman–Crippen MR) is 99.5 cm³/mol. The number of aryl methyl sites for hydroxylation is 1. The number of imidazole rings is 1. The molecule has 7 nitrogen and oxygen atoms in total. The number of nitro benzene ring substituents is 1. The van der Waals surface area contributed by atoms with E-state index in [1.165, 1.54) is 22.4 Å². The van der Waals surface area contributed by atoms with Crippen molar-refractivity contribution in [3.05, 3.63) is 63.7 Å². The summed E-state index contributed by atoms with van der Waals surface area (Å²) in [6.07, 6.45) is -0.487. The zero-order valence-electron chi connectivity index (χ0n) is 14.3. The number of non-ortho nitro benzene ring substituents is 1. The maximum atomic E-state index is 12.4. The minimum atomic E-state index is -0.487. The summed E-state index contributed by atoms with van der Waals surface area (Å²) in [4.78, 5) is 27.4. The minimum absolute atomic E-state index is 0.0464. The molecule has 0 N–H and O–H groups in total. The zero-order chi connectivity index (χ0) is 18.7. The third-order valence-electron chi connectivity index (χ3n) is 3.88. The molecule has 26 heavy (non-hydrogen) atoms. The van der Waals surface area contributed by atoms with Gasteiger partial charge in [-0.2, -0.15) is 0 Å². The Morgan fingerprint density at radius 3 is 2.81 bits per heavy atom. The minimum Gasteiger partial charge on any atom is -0.449 e. The topological polar surface area (TPSA) is 87.3 Å². The van der Waals surface area contributed by atoms with Crippen LogP contribution in [0.5, 0.6) is 0 Å². The van der Waals surface area contributed by atoms with Crippen LogP contribution in [0.3, 0.4) is 0 Å². The van der Waals surface area contributed by atoms with E-state index in [4.69, 9.17) is 4.74 Å². The second-order valence-electron chi connectivity index (χ2n) is 5.57. The highest BCUT2D eigenvalue weighted by atomic mass is 32.2. The molecular formula is C18H17N3O4S. The Morgan fingerprint density at radius 2 is 2.08 bits per heavy atom. The normalized spacial score (nSPS) is 10.8. The maximum absolute atomic E-state index is 12.4. The van der Waals surface area contributed by atoms with Gasteiger partial charge in [-0.05, 0) is 37.1 Å². The van der Waals surface area contributed by atoms with Crippen molar-refractivity contribution < 1.29 is 14.5 Å². The number of carbonyl (C=O) groups is 1. The lowest BCUT2D eigenvalue weighted by Crippen LogP contribution is -2.14. The van der Waals surface area contributed by atoms with Crippen molar-refractivity contribution in [3.8, 4) is 0 Å². The molecule has 0 spiro atoms. The SMILES string of the molecule is CCOC(=O)n1c(SCc2cc([N+](=O)[O-])ccc2C)nc2ccccc21. The number of nitrogens with zero attached hydrogens (tertiary/aromatic N) is 3. The van der Waals surface area contributed by atoms with E-state index in [0.29, 0.717) is 21.9 Å². The molecule has 134 valence electrons. The Balaban J connectivity index is 1.94. The van der Waals surface area contributed by atoms with Gasteiger partial charge in [-0.1, -0.05) is 30.0 Å². The van der Waals surface area contributed by atoms with Crippen molar-refractivity contribution in [1.29, 1.82) is 0 Å². The number of hydrogen-bond donors (Lipinski definition) is 0. The van der Waals surface area contributed by atoms with Gasteiger partial charge < -0.3 is 4.74 Å². The van der Waals surface area contributed by atoms with Gasteiger partial charge in [0.05, 0.1) is 22.6 Å². The van der Waals surface area contributed by atoms with Crippen LogP contribution in [-0.4, -0.2) is 27.2 Å². The highest BCUT2D eigenvalue weighted by molar-refractivity contribution is 7.98. The molecule has 1 aromatic heterocycles. The third-order valence-corrected chi connectivity index (χ3v) is 4.87. The molecule has 0 aliphatic heterocycles. The summed E-state index contributed by atoms with van der Waals surface area (Å²) in [5.74, 6) is 0.455. The van der Waals surface area contributed by atoms with E-state index in [1.807, 2.05) is 31.2 Å². The van der Waals surface area contributed by atoms with Gasteiger partial charge in [0.25, 0.3) is 5.69 Å². The van der Waals surface area contributed by atoms with Crippen LogP contribution in [0.15, 0.2) is 47.6 Å². The van der Waals surface area contributed by atoms with Gasteiger partial charge in [-0.3, -0.25) is 10.1 Å². The Morgan fingerprint density at radius 1 is 1.31 bits per heavy atom. The number of para-hydroxylation sites is 2. The van der Waals surface area contributed by atoms with Gasteiger partial charge in [0, 0.05) is 17.9 Å². The van der Waals surface area contributed by atoms with Crippen molar-refractivity contribution in [2.24, 2.45) is 0 Å². The van der Waals surface area contributed by atoms with Crippen molar-refractivity contribution >= 4 is 34.6 Å². The van der Waals surface area contributed by atoms with Crippen LogP contribution in [-0.2, 0) is 10.5 Å². The second-order valence-corrected chi connectivity index (χ2v) is 6.52. The van der Waals surface area contributed by atoms with E-state index in [1.54, 1.807) is 19.1 Å². The van der Waals surface area contributed by atoms with Gasteiger partial charge in [0.1, 0.15) is 0 Å². The first-order valence-electron chi connectivity index (χ1n) is 8.02. The molecule has 0 atom stereocenters. The van der Waals surface area contributed by atoms with Crippen molar-refractivity contribution in [1.82, 2.24) is 9.55 Å². The molecular weight excluding hydrogens is 354 g/mol. The van der Waals surface area contributed by atoms with Gasteiger partial charge in [0.2, 0.25) is 0 Å². The van der Waals surface area contributed by atoms with Crippen LogP contribution < -0.4 is 0 Å². The average molecular weight is 371 g/mol. The first-order chi connectivity index (χ1) is 12.5. The van der Waals surface area contributed by atoms with E-state index >= 15 is 0 Å². The van der Waals surface area contributed by atoms with E-state index in [-0.39, 0.29) is 12.3 Å². The van der Waals surface area contributed by atoms with Crippen LogP contribution in [0, 0.1) is 17.0 Å². The standard InChI is InChI=1S/C18H17N3O4S/c1-3-25-18(22)20-16-7-5-4-6-15(16)19-17(20)26-11-13-10-14(21(23)24)9-8-12(13)2/h4-10H,3,11H2,1-2H3. The van der Waals surface area contributed by atoms with Crippen molar-refractivity contribution in [2.45, 2.75) is 24.8 Å².